The van der Waals surface area contributed by atoms with Gasteiger partial charge in [-0.25, -0.2) is 4.98 Å². The third kappa shape index (κ3) is 3.92. The van der Waals surface area contributed by atoms with Gasteiger partial charge < -0.3 is 20.9 Å². The van der Waals surface area contributed by atoms with Crippen molar-refractivity contribution in [2.45, 2.75) is 13.3 Å². The molecule has 0 aliphatic carbocycles. The average Bonchev–Trinajstić information content (AvgIpc) is 2.70. The first-order chi connectivity index (χ1) is 9.56. The van der Waals surface area contributed by atoms with Crippen molar-refractivity contribution in [3.8, 4) is 0 Å². The van der Waals surface area contributed by atoms with Crippen LogP contribution in [0.15, 0.2) is 12.3 Å². The molecule has 108 valence electrons. The number of pyridine rings is 1. The topological polar surface area (TPSA) is 112 Å². The predicted octanol–water partition coefficient (Wildman–Crippen LogP) is 2.06. The lowest BCUT2D eigenvalue weighted by Gasteiger charge is -2.08. The number of aromatic nitrogens is 3. The first-order valence-electron chi connectivity index (χ1n) is 6.01. The van der Waals surface area contributed by atoms with E-state index in [0.29, 0.717) is 17.4 Å². The van der Waals surface area contributed by atoms with Crippen LogP contribution in [-0.4, -0.2) is 31.4 Å². The van der Waals surface area contributed by atoms with Crippen molar-refractivity contribution in [3.63, 3.8) is 0 Å². The summed E-state index contributed by atoms with van der Waals surface area (Å²) in [5.74, 6) is 1.39. The number of hydrogen-bond acceptors (Lipinski definition) is 7. The van der Waals surface area contributed by atoms with Gasteiger partial charge in [0.15, 0.2) is 11.1 Å². The highest BCUT2D eigenvalue weighted by Crippen LogP contribution is 2.19. The van der Waals surface area contributed by atoms with Crippen LogP contribution < -0.4 is 16.4 Å². The predicted molar refractivity (Wildman–Crippen MR) is 80.7 cm³/mol. The molecular formula is C11H15ClN6OS. The highest BCUT2D eigenvalue weighted by Gasteiger charge is 2.10. The van der Waals surface area contributed by atoms with Crippen LogP contribution in [0.3, 0.4) is 0 Å². The number of halogens is 1. The van der Waals surface area contributed by atoms with Gasteiger partial charge in [0.1, 0.15) is 5.82 Å². The fraction of sp³-hybridized carbons (Fsp3) is 0.364. The summed E-state index contributed by atoms with van der Waals surface area (Å²) in [5, 5.41) is 6.83. The zero-order chi connectivity index (χ0) is 14.5. The highest BCUT2D eigenvalue weighted by atomic mass is 35.5. The Morgan fingerprint density at radius 1 is 1.30 bits per heavy atom. The summed E-state index contributed by atoms with van der Waals surface area (Å²) in [6.07, 6.45) is 2.43. The van der Waals surface area contributed by atoms with Gasteiger partial charge in [-0.3, -0.25) is 0 Å². The lowest BCUT2D eigenvalue weighted by Crippen LogP contribution is -2.11. The molecule has 1 atom stereocenters. The fourth-order valence-corrected chi connectivity index (χ4v) is 2.45. The first kappa shape index (κ1) is 14.8. The SMILES string of the molecule is Cc1cc(Cl)cnc1NCCCNc1n[s+]([O-])nc1N. The standard InChI is InChI=1S/C11H15ClN6OS/c1-7-5-8(12)6-16-10(7)14-3-2-4-15-11-9(13)17-20(19)18-11/h5-6H,2-4H2,1H3,(H2,13,17)(H,14,16)(H,15,18). The van der Waals surface area contributed by atoms with Crippen molar-refractivity contribution in [1.82, 2.24) is 13.7 Å². The maximum absolute atomic E-state index is 11.0. The molecule has 2 heterocycles. The van der Waals surface area contributed by atoms with E-state index in [2.05, 4.69) is 24.4 Å². The number of nitrogens with two attached hydrogens (primary N) is 1. The molecule has 2 aromatic rings. The van der Waals surface area contributed by atoms with E-state index in [1.165, 1.54) is 0 Å². The van der Waals surface area contributed by atoms with E-state index < -0.39 is 11.1 Å². The average molecular weight is 315 g/mol. The Kier molecular flexibility index (Phi) is 4.94. The second-order valence-electron chi connectivity index (χ2n) is 4.17. The molecule has 7 nitrogen and oxygen atoms in total. The molecule has 0 radical (unpaired) electrons. The highest BCUT2D eigenvalue weighted by molar-refractivity contribution is 7.14. The minimum atomic E-state index is -1.57. The normalized spacial score (nSPS) is 11.4. The van der Waals surface area contributed by atoms with E-state index >= 15 is 0 Å². The molecule has 0 amide bonds. The lowest BCUT2D eigenvalue weighted by molar-refractivity contribution is 0.585. The Morgan fingerprint density at radius 3 is 2.60 bits per heavy atom. The fourth-order valence-electron chi connectivity index (χ4n) is 1.62. The van der Waals surface area contributed by atoms with Gasteiger partial charge in [-0.1, -0.05) is 11.6 Å². The van der Waals surface area contributed by atoms with Crippen LogP contribution in [-0.2, 0) is 0 Å². The minimum Gasteiger partial charge on any atom is -0.546 e. The monoisotopic (exact) mass is 314 g/mol. The largest absolute Gasteiger partial charge is 0.546 e. The zero-order valence-corrected chi connectivity index (χ0v) is 12.5. The van der Waals surface area contributed by atoms with Crippen molar-refractivity contribution in [2.24, 2.45) is 0 Å². The molecule has 0 spiro atoms. The van der Waals surface area contributed by atoms with Crippen LogP contribution in [0.4, 0.5) is 17.5 Å². The second-order valence-corrected chi connectivity index (χ2v) is 5.44. The number of aryl methyl sites for hydroxylation is 1. The van der Waals surface area contributed by atoms with Gasteiger partial charge in [0, 0.05) is 28.0 Å². The molecule has 0 bridgehead atoms. The summed E-state index contributed by atoms with van der Waals surface area (Å²) in [6, 6.07) is 1.86. The maximum atomic E-state index is 11.0. The van der Waals surface area contributed by atoms with Gasteiger partial charge in [-0.05, 0) is 25.0 Å². The number of nitrogen functional groups attached to an aromatic ring is 1. The van der Waals surface area contributed by atoms with E-state index in [-0.39, 0.29) is 5.82 Å². The summed E-state index contributed by atoms with van der Waals surface area (Å²) in [7, 11) is 0. The molecule has 0 aliphatic rings. The molecule has 2 rings (SSSR count). The van der Waals surface area contributed by atoms with Crippen LogP contribution in [0.2, 0.25) is 5.02 Å². The molecule has 0 fully saturated rings. The van der Waals surface area contributed by atoms with Crippen molar-refractivity contribution in [2.75, 3.05) is 29.5 Å². The molecule has 0 saturated carbocycles. The third-order valence-electron chi connectivity index (χ3n) is 2.57. The molecule has 2 aromatic heterocycles. The minimum absolute atomic E-state index is 0.187. The van der Waals surface area contributed by atoms with E-state index in [1.54, 1.807) is 6.20 Å². The number of hydrogen-bond donors (Lipinski definition) is 3. The summed E-state index contributed by atoms with van der Waals surface area (Å²) in [6.45, 7) is 3.32. The number of nitrogens with zero attached hydrogens (tertiary/aromatic N) is 3. The maximum Gasteiger partial charge on any atom is 0.232 e. The van der Waals surface area contributed by atoms with E-state index in [4.69, 9.17) is 17.3 Å². The van der Waals surface area contributed by atoms with Gasteiger partial charge in [0.25, 0.3) is 0 Å². The van der Waals surface area contributed by atoms with Gasteiger partial charge in [-0.2, -0.15) is 0 Å². The molecule has 1 unspecified atom stereocenters. The van der Waals surface area contributed by atoms with E-state index in [1.807, 2.05) is 13.0 Å². The van der Waals surface area contributed by atoms with Crippen molar-refractivity contribution in [3.05, 3.63) is 22.8 Å². The zero-order valence-electron chi connectivity index (χ0n) is 10.9. The van der Waals surface area contributed by atoms with E-state index in [0.717, 1.165) is 24.3 Å². The molecular weight excluding hydrogens is 300 g/mol. The Balaban J connectivity index is 1.73. The van der Waals surface area contributed by atoms with Gasteiger partial charge in [-0.15, -0.1) is 0 Å². The number of anilines is 3. The molecule has 20 heavy (non-hydrogen) atoms. The number of nitrogens with one attached hydrogen (secondary N) is 2. The van der Waals surface area contributed by atoms with Crippen LogP contribution in [0.1, 0.15) is 12.0 Å². The molecule has 9 heteroatoms. The molecule has 0 aromatic carbocycles. The summed E-state index contributed by atoms with van der Waals surface area (Å²) in [4.78, 5) is 4.21. The second kappa shape index (κ2) is 6.69. The Bertz CT molecular complexity index is 590. The Hall–Kier alpha value is -1.64. The van der Waals surface area contributed by atoms with E-state index in [9.17, 15) is 4.55 Å². The number of rotatable bonds is 6. The summed E-state index contributed by atoms with van der Waals surface area (Å²) < 4.78 is 18.3. The van der Waals surface area contributed by atoms with Crippen molar-refractivity contribution < 1.29 is 4.55 Å². The molecule has 0 saturated heterocycles. The van der Waals surface area contributed by atoms with Gasteiger partial charge >= 0.3 is 0 Å². The molecule has 4 N–H and O–H groups in total. The van der Waals surface area contributed by atoms with Gasteiger partial charge in [0.05, 0.1) is 5.02 Å². The smallest absolute Gasteiger partial charge is 0.232 e. The van der Waals surface area contributed by atoms with Gasteiger partial charge in [0.2, 0.25) is 11.6 Å². The van der Waals surface area contributed by atoms with Crippen LogP contribution in [0.25, 0.3) is 0 Å². The summed E-state index contributed by atoms with van der Waals surface area (Å²) >= 11 is 4.26. The van der Waals surface area contributed by atoms with Crippen LogP contribution in [0.5, 0.6) is 0 Å². The summed E-state index contributed by atoms with van der Waals surface area (Å²) in [5.41, 5.74) is 6.53. The van der Waals surface area contributed by atoms with Crippen molar-refractivity contribution in [1.29, 1.82) is 0 Å². The quantitative estimate of drug-likeness (QED) is 0.552. The van der Waals surface area contributed by atoms with Crippen LogP contribution in [0, 0.1) is 6.92 Å². The van der Waals surface area contributed by atoms with Crippen molar-refractivity contribution >= 4 is 40.2 Å². The first-order valence-corrected chi connectivity index (χ1v) is 7.45. The van der Waals surface area contributed by atoms with Crippen LogP contribution >= 0.6 is 22.7 Å². The lowest BCUT2D eigenvalue weighted by atomic mass is 10.3. The third-order valence-corrected chi connectivity index (χ3v) is 3.47. The Labute approximate surface area is 124 Å². The Morgan fingerprint density at radius 2 is 2.00 bits per heavy atom. The molecule has 0 aliphatic heterocycles.